The summed E-state index contributed by atoms with van der Waals surface area (Å²) < 4.78 is 5.13. The molecule has 0 saturated carbocycles. The molecule has 104 valence electrons. The van der Waals surface area contributed by atoms with Gasteiger partial charge in [-0.05, 0) is 24.6 Å². The Bertz CT molecular complexity index is 693. The highest BCUT2D eigenvalue weighted by Crippen LogP contribution is 2.40. The van der Waals surface area contributed by atoms with Crippen LogP contribution < -0.4 is 4.74 Å². The number of fused-ring (bicyclic) bond motifs is 1. The highest BCUT2D eigenvalue weighted by atomic mass is 16.5. The van der Waals surface area contributed by atoms with Crippen molar-refractivity contribution in [1.82, 2.24) is 15.1 Å². The second-order valence-corrected chi connectivity index (χ2v) is 4.86. The van der Waals surface area contributed by atoms with Crippen molar-refractivity contribution in [3.05, 3.63) is 40.7 Å². The van der Waals surface area contributed by atoms with Gasteiger partial charge in [0.2, 0.25) is 0 Å². The number of nitrogens with zero attached hydrogens (tertiary/aromatic N) is 2. The molecule has 1 aromatic heterocycles. The number of rotatable bonds is 2. The molecule has 2 aromatic rings. The number of ether oxygens (including phenoxy) is 1. The van der Waals surface area contributed by atoms with Gasteiger partial charge in [-0.2, -0.15) is 5.10 Å². The number of hydrogen-bond acceptors (Lipinski definition) is 4. The highest BCUT2D eigenvalue weighted by molar-refractivity contribution is 5.98. The molecule has 1 atom stereocenters. The van der Waals surface area contributed by atoms with Crippen LogP contribution in [0.5, 0.6) is 11.5 Å². The van der Waals surface area contributed by atoms with Gasteiger partial charge in [0.25, 0.3) is 5.91 Å². The van der Waals surface area contributed by atoms with Crippen molar-refractivity contribution in [1.29, 1.82) is 0 Å². The molecule has 0 bridgehead atoms. The van der Waals surface area contributed by atoms with E-state index < -0.39 is 0 Å². The Hall–Kier alpha value is -2.50. The normalized spacial score (nSPS) is 17.4. The first-order valence-electron chi connectivity index (χ1n) is 6.23. The summed E-state index contributed by atoms with van der Waals surface area (Å²) >= 11 is 0. The van der Waals surface area contributed by atoms with Crippen molar-refractivity contribution < 1.29 is 14.6 Å². The molecule has 0 saturated heterocycles. The maximum atomic E-state index is 12.2. The third-order valence-corrected chi connectivity index (χ3v) is 3.70. The number of H-pyrrole nitrogens is 1. The Balaban J connectivity index is 2.15. The van der Waals surface area contributed by atoms with Gasteiger partial charge in [-0.3, -0.25) is 9.89 Å². The van der Waals surface area contributed by atoms with Crippen LogP contribution in [0.4, 0.5) is 0 Å². The van der Waals surface area contributed by atoms with Crippen LogP contribution in [0.3, 0.4) is 0 Å². The standard InChI is InChI=1S/C14H15N3O3/c1-7-11-12(16-15-7)14(19)17(2)13(11)8-4-5-9(18)10(6-8)20-3/h4-6,13,18H,1-3H3,(H,15,16). The van der Waals surface area contributed by atoms with E-state index in [0.29, 0.717) is 11.4 Å². The van der Waals surface area contributed by atoms with Gasteiger partial charge in [0.1, 0.15) is 0 Å². The molecular weight excluding hydrogens is 258 g/mol. The third kappa shape index (κ3) is 1.57. The molecule has 20 heavy (non-hydrogen) atoms. The van der Waals surface area contributed by atoms with Crippen LogP contribution in [0.25, 0.3) is 0 Å². The summed E-state index contributed by atoms with van der Waals surface area (Å²) in [4.78, 5) is 13.8. The van der Waals surface area contributed by atoms with Gasteiger partial charge in [-0.25, -0.2) is 0 Å². The zero-order chi connectivity index (χ0) is 14.4. The van der Waals surface area contributed by atoms with Crippen LogP contribution >= 0.6 is 0 Å². The zero-order valence-corrected chi connectivity index (χ0v) is 11.5. The molecule has 1 aliphatic rings. The molecule has 6 nitrogen and oxygen atoms in total. The lowest BCUT2D eigenvalue weighted by Crippen LogP contribution is -2.24. The smallest absolute Gasteiger partial charge is 0.275 e. The minimum Gasteiger partial charge on any atom is -0.504 e. The lowest BCUT2D eigenvalue weighted by molar-refractivity contribution is 0.0787. The molecule has 0 spiro atoms. The fraction of sp³-hybridized carbons (Fsp3) is 0.286. The first-order chi connectivity index (χ1) is 9.54. The summed E-state index contributed by atoms with van der Waals surface area (Å²) in [6, 6.07) is 4.88. The van der Waals surface area contributed by atoms with Crippen molar-refractivity contribution in [2.75, 3.05) is 14.2 Å². The fourth-order valence-electron chi connectivity index (χ4n) is 2.67. The number of carbonyl (C=O) groups excluding carboxylic acids is 1. The van der Waals surface area contributed by atoms with E-state index in [0.717, 1.165) is 16.8 Å². The molecule has 1 aromatic carbocycles. The Labute approximate surface area is 116 Å². The van der Waals surface area contributed by atoms with Crippen LogP contribution in [0.15, 0.2) is 18.2 Å². The average molecular weight is 273 g/mol. The quantitative estimate of drug-likeness (QED) is 0.871. The summed E-state index contributed by atoms with van der Waals surface area (Å²) in [7, 11) is 3.24. The van der Waals surface area contributed by atoms with E-state index in [1.54, 1.807) is 30.1 Å². The van der Waals surface area contributed by atoms with Crippen molar-refractivity contribution in [3.63, 3.8) is 0 Å². The number of hydrogen-bond donors (Lipinski definition) is 2. The van der Waals surface area contributed by atoms with Crippen LogP contribution in [-0.2, 0) is 0 Å². The molecule has 6 heteroatoms. The predicted octanol–water partition coefficient (Wildman–Crippen LogP) is 1.61. The SMILES string of the molecule is COc1cc(C2c3c(n[nH]c3C)C(=O)N2C)ccc1O. The van der Waals surface area contributed by atoms with Gasteiger partial charge < -0.3 is 14.7 Å². The highest BCUT2D eigenvalue weighted by Gasteiger charge is 2.39. The summed E-state index contributed by atoms with van der Waals surface area (Å²) in [5, 5.41) is 16.6. The van der Waals surface area contributed by atoms with Crippen LogP contribution in [0, 0.1) is 6.92 Å². The maximum Gasteiger partial charge on any atom is 0.275 e. The predicted molar refractivity (Wildman–Crippen MR) is 71.9 cm³/mol. The maximum absolute atomic E-state index is 12.2. The van der Waals surface area contributed by atoms with Crippen molar-refractivity contribution in [2.24, 2.45) is 0 Å². The van der Waals surface area contributed by atoms with Gasteiger partial charge >= 0.3 is 0 Å². The van der Waals surface area contributed by atoms with Crippen LogP contribution in [0.2, 0.25) is 0 Å². The first kappa shape index (κ1) is 12.5. The molecule has 1 aliphatic heterocycles. The molecule has 0 radical (unpaired) electrons. The summed E-state index contributed by atoms with van der Waals surface area (Å²) in [5.41, 5.74) is 3.08. The number of methoxy groups -OCH3 is 1. The molecule has 3 rings (SSSR count). The Morgan fingerprint density at radius 3 is 2.90 bits per heavy atom. The Morgan fingerprint density at radius 1 is 1.45 bits per heavy atom. The average Bonchev–Trinajstić information content (AvgIpc) is 2.92. The lowest BCUT2D eigenvalue weighted by atomic mass is 9.99. The number of aromatic amines is 1. The largest absolute Gasteiger partial charge is 0.504 e. The lowest BCUT2D eigenvalue weighted by Gasteiger charge is -2.22. The van der Waals surface area contributed by atoms with Gasteiger partial charge in [-0.1, -0.05) is 6.07 Å². The van der Waals surface area contributed by atoms with Gasteiger partial charge in [-0.15, -0.1) is 0 Å². The fourth-order valence-corrected chi connectivity index (χ4v) is 2.67. The molecule has 2 heterocycles. The molecule has 0 aliphatic carbocycles. The van der Waals surface area contributed by atoms with Gasteiger partial charge in [0.15, 0.2) is 17.2 Å². The van der Waals surface area contributed by atoms with E-state index in [-0.39, 0.29) is 17.7 Å². The second kappa shape index (κ2) is 4.26. The minimum atomic E-state index is -0.217. The molecule has 0 fully saturated rings. The number of aryl methyl sites for hydroxylation is 1. The number of aromatic hydroxyl groups is 1. The molecule has 2 N–H and O–H groups in total. The summed E-state index contributed by atoms with van der Waals surface area (Å²) in [5.74, 6) is 0.353. The molecule has 1 amide bonds. The van der Waals surface area contributed by atoms with E-state index in [2.05, 4.69) is 10.2 Å². The summed E-state index contributed by atoms with van der Waals surface area (Å²) in [6.07, 6.45) is 0. The van der Waals surface area contributed by atoms with E-state index in [1.165, 1.54) is 7.11 Å². The number of phenols is 1. The second-order valence-electron chi connectivity index (χ2n) is 4.86. The van der Waals surface area contributed by atoms with E-state index in [9.17, 15) is 9.90 Å². The zero-order valence-electron chi connectivity index (χ0n) is 11.5. The van der Waals surface area contributed by atoms with Crippen LogP contribution in [0.1, 0.15) is 33.4 Å². The first-order valence-corrected chi connectivity index (χ1v) is 6.23. The summed E-state index contributed by atoms with van der Waals surface area (Å²) in [6.45, 7) is 1.89. The van der Waals surface area contributed by atoms with Gasteiger partial charge in [0.05, 0.1) is 13.2 Å². The van der Waals surface area contributed by atoms with Gasteiger partial charge in [0, 0.05) is 18.3 Å². The minimum absolute atomic E-state index is 0.0763. The molecular formula is C14H15N3O3. The van der Waals surface area contributed by atoms with Crippen molar-refractivity contribution in [2.45, 2.75) is 13.0 Å². The van der Waals surface area contributed by atoms with Crippen molar-refractivity contribution in [3.8, 4) is 11.5 Å². The van der Waals surface area contributed by atoms with Crippen LogP contribution in [-0.4, -0.2) is 40.3 Å². The number of carbonyl (C=O) groups is 1. The number of nitrogens with one attached hydrogen (secondary N) is 1. The number of aromatic nitrogens is 2. The Kier molecular flexibility index (Phi) is 2.67. The van der Waals surface area contributed by atoms with E-state index in [4.69, 9.17) is 4.74 Å². The Morgan fingerprint density at radius 2 is 2.20 bits per heavy atom. The monoisotopic (exact) mass is 273 g/mol. The van der Waals surface area contributed by atoms with E-state index >= 15 is 0 Å². The number of benzene rings is 1. The van der Waals surface area contributed by atoms with Crippen molar-refractivity contribution >= 4 is 5.91 Å². The topological polar surface area (TPSA) is 78.5 Å². The van der Waals surface area contributed by atoms with E-state index in [1.807, 2.05) is 6.92 Å². The number of phenolic OH excluding ortho intramolecular Hbond substituents is 1. The number of amides is 1. The third-order valence-electron chi connectivity index (χ3n) is 3.70. The molecule has 1 unspecified atom stereocenters.